The van der Waals surface area contributed by atoms with Gasteiger partial charge in [0.25, 0.3) is 0 Å². The van der Waals surface area contributed by atoms with Crippen molar-refractivity contribution in [3.05, 3.63) is 52.5 Å². The van der Waals surface area contributed by atoms with Gasteiger partial charge in [-0.1, -0.05) is 30.2 Å². The van der Waals surface area contributed by atoms with Crippen molar-refractivity contribution in [2.75, 3.05) is 50.6 Å². The molecule has 0 aliphatic carbocycles. The molecule has 0 aromatic heterocycles. The van der Waals surface area contributed by atoms with Crippen LogP contribution in [-0.2, 0) is 16.0 Å². The first kappa shape index (κ1) is 23.4. The summed E-state index contributed by atoms with van der Waals surface area (Å²) < 4.78 is 5.25. The first-order chi connectivity index (χ1) is 16.0. The Morgan fingerprint density at radius 3 is 2.61 bits per heavy atom. The Morgan fingerprint density at radius 1 is 1.06 bits per heavy atom. The second-order valence-corrected chi connectivity index (χ2v) is 9.12. The van der Waals surface area contributed by atoms with Crippen LogP contribution in [0.5, 0.6) is 5.75 Å². The van der Waals surface area contributed by atoms with Gasteiger partial charge in [-0.05, 0) is 67.7 Å². The van der Waals surface area contributed by atoms with Gasteiger partial charge in [-0.15, -0.1) is 0 Å². The molecule has 0 spiro atoms. The third-order valence-electron chi connectivity index (χ3n) is 6.52. The Hall–Kier alpha value is -2.77. The second-order valence-electron chi connectivity index (χ2n) is 8.68. The third kappa shape index (κ3) is 5.42. The predicted octanol–water partition coefficient (Wildman–Crippen LogP) is 3.62. The number of piperidine rings is 1. The molecule has 2 heterocycles. The fourth-order valence-electron chi connectivity index (χ4n) is 4.71. The summed E-state index contributed by atoms with van der Waals surface area (Å²) in [5.41, 5.74) is 4.16. The molecular formula is C25H31ClN4O3. The van der Waals surface area contributed by atoms with Crippen LogP contribution in [0.1, 0.15) is 36.4 Å². The number of carbonyl (C=O) groups excluding carboxylic acids is 2. The largest absolute Gasteiger partial charge is 0.495 e. The zero-order valence-electron chi connectivity index (χ0n) is 19.2. The number of likely N-dealkylation sites (tertiary alicyclic amines) is 1. The highest BCUT2D eigenvalue weighted by Gasteiger charge is 2.26. The molecule has 0 radical (unpaired) electrons. The average molecular weight is 471 g/mol. The number of ether oxygens (including phenoxy) is 1. The minimum absolute atomic E-state index is 0.0268. The van der Waals surface area contributed by atoms with E-state index in [1.54, 1.807) is 18.2 Å². The number of hydrogen-bond acceptors (Lipinski definition) is 5. The number of likely N-dealkylation sites (N-methyl/N-ethyl adjacent to an activating group) is 1. The summed E-state index contributed by atoms with van der Waals surface area (Å²) in [6, 6.07) is 11.5. The molecule has 4 rings (SSSR count). The molecule has 1 saturated heterocycles. The van der Waals surface area contributed by atoms with E-state index < -0.39 is 11.8 Å². The number of hydrogen-bond donors (Lipinski definition) is 2. The highest BCUT2D eigenvalue weighted by atomic mass is 35.5. The van der Waals surface area contributed by atoms with E-state index in [4.69, 9.17) is 16.3 Å². The zero-order valence-corrected chi connectivity index (χ0v) is 20.0. The first-order valence-electron chi connectivity index (χ1n) is 11.5. The molecule has 2 amide bonds. The molecule has 176 valence electrons. The number of anilines is 2. The molecule has 2 N–H and O–H groups in total. The predicted molar refractivity (Wildman–Crippen MR) is 131 cm³/mol. The van der Waals surface area contributed by atoms with Crippen molar-refractivity contribution < 1.29 is 14.3 Å². The summed E-state index contributed by atoms with van der Waals surface area (Å²) >= 11 is 6.03. The van der Waals surface area contributed by atoms with Crippen molar-refractivity contribution in [2.24, 2.45) is 0 Å². The normalized spacial score (nSPS) is 16.8. The highest BCUT2D eigenvalue weighted by Crippen LogP contribution is 2.32. The Kier molecular flexibility index (Phi) is 7.40. The number of carbonyl (C=O) groups is 2. The molecule has 2 aromatic carbocycles. The van der Waals surface area contributed by atoms with Gasteiger partial charge >= 0.3 is 11.8 Å². The SMILES string of the molecule is COc1ccc(Cl)cc1NC(=O)C(=O)NC[C@@H](c1ccc2c(c1)CCN2C)N1CCCCC1. The van der Waals surface area contributed by atoms with Crippen LogP contribution < -0.4 is 20.3 Å². The minimum atomic E-state index is -0.747. The standard InChI is InChI=1S/C25H31ClN4O3/c1-29-13-10-18-14-17(6-8-21(18)29)22(30-11-4-3-5-12-30)16-27-24(31)25(32)28-20-15-19(26)7-9-23(20)33-2/h6-9,14-15,22H,3-5,10-13,16H2,1-2H3,(H,27,31)(H,28,32)/t22-/m0/s1. The van der Waals surface area contributed by atoms with Crippen molar-refractivity contribution in [1.29, 1.82) is 0 Å². The number of fused-ring (bicyclic) bond motifs is 1. The van der Waals surface area contributed by atoms with Crippen LogP contribution >= 0.6 is 11.6 Å². The zero-order chi connectivity index (χ0) is 23.4. The van der Waals surface area contributed by atoms with E-state index in [0.29, 0.717) is 23.0 Å². The summed E-state index contributed by atoms with van der Waals surface area (Å²) in [6.07, 6.45) is 4.55. The summed E-state index contributed by atoms with van der Waals surface area (Å²) in [5.74, 6) is -0.988. The quantitative estimate of drug-likeness (QED) is 0.631. The second kappa shape index (κ2) is 10.4. The number of nitrogens with one attached hydrogen (secondary N) is 2. The number of rotatable bonds is 6. The van der Waals surface area contributed by atoms with E-state index in [1.807, 2.05) is 0 Å². The molecular weight excluding hydrogens is 440 g/mol. The van der Waals surface area contributed by atoms with Gasteiger partial charge in [0, 0.05) is 30.8 Å². The monoisotopic (exact) mass is 470 g/mol. The van der Waals surface area contributed by atoms with Crippen molar-refractivity contribution >= 4 is 34.8 Å². The van der Waals surface area contributed by atoms with Gasteiger partial charge in [-0.3, -0.25) is 14.5 Å². The first-order valence-corrected chi connectivity index (χ1v) is 11.8. The van der Waals surface area contributed by atoms with E-state index in [2.05, 4.69) is 45.7 Å². The Bertz CT molecular complexity index is 1020. The Balaban J connectivity index is 1.46. The van der Waals surface area contributed by atoms with Gasteiger partial charge < -0.3 is 20.3 Å². The van der Waals surface area contributed by atoms with Crippen LogP contribution in [0.2, 0.25) is 5.02 Å². The summed E-state index contributed by atoms with van der Waals surface area (Å²) in [4.78, 5) is 29.9. The molecule has 0 saturated carbocycles. The number of amides is 2. The summed E-state index contributed by atoms with van der Waals surface area (Å²) in [7, 11) is 3.61. The molecule has 2 aromatic rings. The molecule has 7 nitrogen and oxygen atoms in total. The number of benzene rings is 2. The van der Waals surface area contributed by atoms with Crippen LogP contribution in [0.15, 0.2) is 36.4 Å². The number of methoxy groups -OCH3 is 1. The lowest BCUT2D eigenvalue weighted by Crippen LogP contribution is -2.43. The molecule has 0 bridgehead atoms. The maximum Gasteiger partial charge on any atom is 0.313 e. The third-order valence-corrected chi connectivity index (χ3v) is 6.75. The van der Waals surface area contributed by atoms with Gasteiger partial charge in [-0.2, -0.15) is 0 Å². The Labute approximate surface area is 200 Å². The van der Waals surface area contributed by atoms with Crippen molar-refractivity contribution in [2.45, 2.75) is 31.7 Å². The Morgan fingerprint density at radius 2 is 1.85 bits per heavy atom. The number of halogens is 1. The van der Waals surface area contributed by atoms with E-state index in [9.17, 15) is 9.59 Å². The maximum atomic E-state index is 12.7. The van der Waals surface area contributed by atoms with Crippen molar-refractivity contribution in [1.82, 2.24) is 10.2 Å². The van der Waals surface area contributed by atoms with Crippen molar-refractivity contribution in [3.63, 3.8) is 0 Å². The molecule has 33 heavy (non-hydrogen) atoms. The fourth-order valence-corrected chi connectivity index (χ4v) is 4.88. The fraction of sp³-hybridized carbons (Fsp3) is 0.440. The minimum Gasteiger partial charge on any atom is -0.495 e. The van der Waals surface area contributed by atoms with Crippen LogP contribution in [0, 0.1) is 0 Å². The van der Waals surface area contributed by atoms with Crippen LogP contribution in [0.25, 0.3) is 0 Å². The van der Waals surface area contributed by atoms with Crippen molar-refractivity contribution in [3.8, 4) is 5.75 Å². The molecule has 1 fully saturated rings. The maximum absolute atomic E-state index is 12.7. The topological polar surface area (TPSA) is 73.9 Å². The lowest BCUT2D eigenvalue weighted by Gasteiger charge is -2.35. The van der Waals surface area contributed by atoms with E-state index in [1.165, 1.54) is 30.3 Å². The van der Waals surface area contributed by atoms with Gasteiger partial charge in [0.2, 0.25) is 0 Å². The average Bonchev–Trinajstić information content (AvgIpc) is 3.20. The smallest absolute Gasteiger partial charge is 0.313 e. The molecule has 0 unspecified atom stereocenters. The molecule has 1 atom stereocenters. The highest BCUT2D eigenvalue weighted by molar-refractivity contribution is 6.40. The van der Waals surface area contributed by atoms with Gasteiger partial charge in [-0.25, -0.2) is 0 Å². The summed E-state index contributed by atoms with van der Waals surface area (Å²) in [6.45, 7) is 3.37. The summed E-state index contributed by atoms with van der Waals surface area (Å²) in [5, 5.41) is 5.90. The van der Waals surface area contributed by atoms with Crippen LogP contribution in [0.4, 0.5) is 11.4 Å². The van der Waals surface area contributed by atoms with Crippen LogP contribution in [-0.4, -0.2) is 57.1 Å². The van der Waals surface area contributed by atoms with E-state index in [-0.39, 0.29) is 6.04 Å². The van der Waals surface area contributed by atoms with Gasteiger partial charge in [0.15, 0.2) is 0 Å². The van der Waals surface area contributed by atoms with Gasteiger partial charge in [0.1, 0.15) is 5.75 Å². The van der Waals surface area contributed by atoms with Crippen LogP contribution in [0.3, 0.4) is 0 Å². The molecule has 2 aliphatic rings. The van der Waals surface area contributed by atoms with Gasteiger partial charge in [0.05, 0.1) is 18.8 Å². The van der Waals surface area contributed by atoms with E-state index in [0.717, 1.165) is 38.9 Å². The molecule has 2 aliphatic heterocycles. The lowest BCUT2D eigenvalue weighted by atomic mass is 9.98. The lowest BCUT2D eigenvalue weighted by molar-refractivity contribution is -0.136. The van der Waals surface area contributed by atoms with E-state index >= 15 is 0 Å². The molecule has 8 heteroatoms. The number of nitrogens with zero attached hydrogens (tertiary/aromatic N) is 2.